The minimum Gasteiger partial charge on any atom is -0.404 e. The van der Waals surface area contributed by atoms with Crippen LogP contribution >= 0.6 is 0 Å². The number of anilines is 1. The fourth-order valence-electron chi connectivity index (χ4n) is 1.44. The van der Waals surface area contributed by atoms with Gasteiger partial charge in [-0.15, -0.1) is 13.2 Å². The van der Waals surface area contributed by atoms with Crippen LogP contribution in [0.4, 0.5) is 18.9 Å². The summed E-state index contributed by atoms with van der Waals surface area (Å²) in [5, 5.41) is 5.74. The number of benzene rings is 1. The van der Waals surface area contributed by atoms with Crippen molar-refractivity contribution in [1.29, 1.82) is 0 Å². The highest BCUT2D eigenvalue weighted by atomic mass is 19.4. The zero-order valence-electron chi connectivity index (χ0n) is 10.2. The van der Waals surface area contributed by atoms with E-state index in [2.05, 4.69) is 15.2 Å². The number of amides is 1. The Morgan fingerprint density at radius 3 is 2.65 bits per heavy atom. The summed E-state index contributed by atoms with van der Waals surface area (Å²) in [6.45, 7) is 1.59. The SMILES string of the molecule is Cc1cc(C(=O)Nc2ccccc2OC(F)(F)F)no1. The molecule has 8 heteroatoms. The van der Waals surface area contributed by atoms with Gasteiger partial charge in [0.25, 0.3) is 5.91 Å². The minimum absolute atomic E-state index is 0.0377. The lowest BCUT2D eigenvalue weighted by molar-refractivity contribution is -0.274. The molecule has 2 rings (SSSR count). The van der Waals surface area contributed by atoms with Crippen LogP contribution in [0.5, 0.6) is 5.75 Å². The molecule has 0 saturated carbocycles. The number of carbonyl (C=O) groups is 1. The third kappa shape index (κ3) is 3.50. The second-order valence-electron chi connectivity index (χ2n) is 3.82. The lowest BCUT2D eigenvalue weighted by Crippen LogP contribution is -2.19. The number of nitrogens with zero attached hydrogens (tertiary/aromatic N) is 1. The van der Waals surface area contributed by atoms with E-state index >= 15 is 0 Å². The quantitative estimate of drug-likeness (QED) is 0.941. The zero-order chi connectivity index (χ0) is 14.8. The molecule has 20 heavy (non-hydrogen) atoms. The van der Waals surface area contributed by atoms with Crippen molar-refractivity contribution >= 4 is 11.6 Å². The van der Waals surface area contributed by atoms with E-state index in [1.54, 1.807) is 6.92 Å². The van der Waals surface area contributed by atoms with Gasteiger partial charge in [-0.2, -0.15) is 0 Å². The van der Waals surface area contributed by atoms with E-state index in [-0.39, 0.29) is 11.4 Å². The van der Waals surface area contributed by atoms with Gasteiger partial charge in [0.15, 0.2) is 11.4 Å². The van der Waals surface area contributed by atoms with Gasteiger partial charge in [0.2, 0.25) is 0 Å². The monoisotopic (exact) mass is 286 g/mol. The molecule has 0 aliphatic carbocycles. The Labute approximate surface area is 111 Å². The van der Waals surface area contributed by atoms with Gasteiger partial charge in [-0.3, -0.25) is 4.79 Å². The van der Waals surface area contributed by atoms with Crippen molar-refractivity contribution in [1.82, 2.24) is 5.16 Å². The smallest absolute Gasteiger partial charge is 0.404 e. The first-order chi connectivity index (χ1) is 9.35. The van der Waals surface area contributed by atoms with Crippen molar-refractivity contribution in [2.24, 2.45) is 0 Å². The third-order valence-corrected chi connectivity index (χ3v) is 2.22. The Kier molecular flexibility index (Phi) is 3.64. The van der Waals surface area contributed by atoms with E-state index in [9.17, 15) is 18.0 Å². The van der Waals surface area contributed by atoms with Crippen molar-refractivity contribution in [3.8, 4) is 5.75 Å². The van der Waals surface area contributed by atoms with E-state index in [0.717, 1.165) is 6.07 Å². The van der Waals surface area contributed by atoms with E-state index in [0.29, 0.717) is 5.76 Å². The van der Waals surface area contributed by atoms with E-state index < -0.39 is 18.0 Å². The second kappa shape index (κ2) is 5.24. The molecule has 106 valence electrons. The molecule has 5 nitrogen and oxygen atoms in total. The number of nitrogens with one attached hydrogen (secondary N) is 1. The summed E-state index contributed by atoms with van der Waals surface area (Å²) in [6, 6.07) is 6.56. The predicted molar refractivity (Wildman–Crippen MR) is 62.3 cm³/mol. The number of para-hydroxylation sites is 2. The molecule has 1 amide bonds. The average Bonchev–Trinajstić information content (AvgIpc) is 2.77. The number of aryl methyl sites for hydroxylation is 1. The summed E-state index contributed by atoms with van der Waals surface area (Å²) in [7, 11) is 0. The summed E-state index contributed by atoms with van der Waals surface area (Å²) >= 11 is 0. The summed E-state index contributed by atoms with van der Waals surface area (Å²) in [4.78, 5) is 11.8. The molecule has 1 heterocycles. The summed E-state index contributed by atoms with van der Waals surface area (Å²) in [6.07, 6.45) is -4.84. The first-order valence-electron chi connectivity index (χ1n) is 5.44. The number of hydrogen-bond acceptors (Lipinski definition) is 4. The van der Waals surface area contributed by atoms with Crippen LogP contribution in [0.2, 0.25) is 0 Å². The highest BCUT2D eigenvalue weighted by Gasteiger charge is 2.32. The largest absolute Gasteiger partial charge is 0.573 e. The first kappa shape index (κ1) is 13.9. The van der Waals surface area contributed by atoms with Crippen molar-refractivity contribution in [3.63, 3.8) is 0 Å². The van der Waals surface area contributed by atoms with Gasteiger partial charge in [-0.1, -0.05) is 17.3 Å². The standard InChI is InChI=1S/C12H9F3N2O3/c1-7-6-9(17-20-7)11(18)16-8-4-2-3-5-10(8)19-12(13,14)15/h2-6H,1H3,(H,16,18). The van der Waals surface area contributed by atoms with Crippen LogP contribution in [0.1, 0.15) is 16.2 Å². The number of alkyl halides is 3. The van der Waals surface area contributed by atoms with Gasteiger partial charge < -0.3 is 14.6 Å². The molecule has 0 aliphatic heterocycles. The van der Waals surface area contributed by atoms with Gasteiger partial charge in [-0.25, -0.2) is 0 Å². The average molecular weight is 286 g/mol. The number of aromatic nitrogens is 1. The van der Waals surface area contributed by atoms with Crippen LogP contribution < -0.4 is 10.1 Å². The molecule has 0 aliphatic rings. The first-order valence-corrected chi connectivity index (χ1v) is 5.44. The van der Waals surface area contributed by atoms with Crippen molar-refractivity contribution < 1.29 is 27.2 Å². The molecule has 0 bridgehead atoms. The number of hydrogen-bond donors (Lipinski definition) is 1. The summed E-state index contributed by atoms with van der Waals surface area (Å²) < 4.78 is 45.2. The van der Waals surface area contributed by atoms with Gasteiger partial charge >= 0.3 is 6.36 Å². The molecule has 0 atom stereocenters. The maximum Gasteiger partial charge on any atom is 0.573 e. The van der Waals surface area contributed by atoms with E-state index in [1.807, 2.05) is 0 Å². The number of halogens is 3. The highest BCUT2D eigenvalue weighted by molar-refractivity contribution is 6.03. The van der Waals surface area contributed by atoms with Crippen LogP contribution in [-0.4, -0.2) is 17.4 Å². The van der Waals surface area contributed by atoms with Crippen LogP contribution in [0, 0.1) is 6.92 Å². The van der Waals surface area contributed by atoms with E-state index in [1.165, 1.54) is 24.3 Å². The predicted octanol–water partition coefficient (Wildman–Crippen LogP) is 3.13. The van der Waals surface area contributed by atoms with Crippen molar-refractivity contribution in [2.75, 3.05) is 5.32 Å². The van der Waals surface area contributed by atoms with Gasteiger partial charge in [0.1, 0.15) is 5.76 Å². The summed E-state index contributed by atoms with van der Waals surface area (Å²) in [5.41, 5.74) is -0.153. The Morgan fingerprint density at radius 1 is 1.35 bits per heavy atom. The van der Waals surface area contributed by atoms with E-state index in [4.69, 9.17) is 4.52 Å². The molecule has 0 spiro atoms. The number of ether oxygens (including phenoxy) is 1. The molecule has 0 radical (unpaired) electrons. The van der Waals surface area contributed by atoms with Crippen molar-refractivity contribution in [2.45, 2.75) is 13.3 Å². The molecular formula is C12H9F3N2O3. The molecule has 0 saturated heterocycles. The van der Waals surface area contributed by atoms with Crippen LogP contribution in [0.15, 0.2) is 34.9 Å². The molecular weight excluding hydrogens is 277 g/mol. The Balaban J connectivity index is 2.19. The molecule has 0 fully saturated rings. The van der Waals surface area contributed by atoms with Crippen LogP contribution in [0.25, 0.3) is 0 Å². The van der Waals surface area contributed by atoms with Gasteiger partial charge in [0, 0.05) is 6.07 Å². The third-order valence-electron chi connectivity index (χ3n) is 2.22. The molecule has 1 aromatic heterocycles. The number of rotatable bonds is 3. The lowest BCUT2D eigenvalue weighted by Gasteiger charge is -2.13. The minimum atomic E-state index is -4.84. The maximum atomic E-state index is 12.2. The molecule has 2 aromatic rings. The van der Waals surface area contributed by atoms with Crippen molar-refractivity contribution in [3.05, 3.63) is 41.8 Å². The molecule has 1 aromatic carbocycles. The van der Waals surface area contributed by atoms with Crippen LogP contribution in [0.3, 0.4) is 0 Å². The van der Waals surface area contributed by atoms with Gasteiger partial charge in [-0.05, 0) is 19.1 Å². The fraction of sp³-hybridized carbons (Fsp3) is 0.167. The zero-order valence-corrected chi connectivity index (χ0v) is 10.2. The molecule has 0 unspecified atom stereocenters. The number of carbonyl (C=O) groups excluding carboxylic acids is 1. The van der Waals surface area contributed by atoms with Crippen LogP contribution in [-0.2, 0) is 0 Å². The lowest BCUT2D eigenvalue weighted by atomic mass is 10.2. The normalized spacial score (nSPS) is 11.2. The highest BCUT2D eigenvalue weighted by Crippen LogP contribution is 2.30. The Bertz CT molecular complexity index is 622. The Morgan fingerprint density at radius 2 is 2.05 bits per heavy atom. The maximum absolute atomic E-state index is 12.2. The topological polar surface area (TPSA) is 64.4 Å². The van der Waals surface area contributed by atoms with Gasteiger partial charge in [0.05, 0.1) is 5.69 Å². The molecule has 1 N–H and O–H groups in total. The summed E-state index contributed by atoms with van der Waals surface area (Å²) in [5.74, 6) is -0.788. The Hall–Kier alpha value is -2.51. The fourth-order valence-corrected chi connectivity index (χ4v) is 1.44. The second-order valence-corrected chi connectivity index (χ2v) is 3.82.